The second kappa shape index (κ2) is 9.81. The van der Waals surface area contributed by atoms with Crippen LogP contribution in [0.5, 0.6) is 11.5 Å². The Morgan fingerprint density at radius 1 is 0.774 bits per heavy atom. The van der Waals surface area contributed by atoms with E-state index in [1.807, 2.05) is 44.2 Å². The molecule has 0 saturated carbocycles. The molecule has 4 aromatic carbocycles. The number of rotatable bonds is 9. The van der Waals surface area contributed by atoms with Crippen LogP contribution in [0, 0.1) is 4.91 Å². The number of nitroso groups, excluding NO2 is 1. The topological polar surface area (TPSA) is 57.1 Å². The van der Waals surface area contributed by atoms with E-state index in [4.69, 9.17) is 13.7 Å². The molecule has 5 nitrogen and oxygen atoms in total. The average molecular weight is 434 g/mol. The highest BCUT2D eigenvalue weighted by Gasteiger charge is 2.16. The van der Waals surface area contributed by atoms with Crippen molar-refractivity contribution in [1.82, 2.24) is 0 Å². The Morgan fingerprint density at radius 2 is 1.39 bits per heavy atom. The van der Waals surface area contributed by atoms with Crippen LogP contribution in [0.2, 0.25) is 0 Å². The van der Waals surface area contributed by atoms with E-state index in [9.17, 15) is 4.91 Å². The third-order valence-corrected chi connectivity index (χ3v) is 5.58. The molecule has 0 aliphatic heterocycles. The average Bonchev–Trinajstić information content (AvgIpc) is 2.81. The van der Waals surface area contributed by atoms with Gasteiger partial charge < -0.3 is 13.7 Å². The Kier molecular flexibility index (Phi) is 6.70. The molecule has 0 heterocycles. The first-order valence-electron chi connectivity index (χ1n) is 10.2. The quantitative estimate of drug-likeness (QED) is 0.156. The van der Waals surface area contributed by atoms with E-state index >= 15 is 0 Å². The lowest BCUT2D eigenvalue weighted by Gasteiger charge is -2.17. The third kappa shape index (κ3) is 4.50. The van der Waals surface area contributed by atoms with E-state index in [2.05, 4.69) is 29.4 Å². The summed E-state index contributed by atoms with van der Waals surface area (Å²) in [5, 5.41) is 7.01. The molecule has 0 aromatic heterocycles. The van der Waals surface area contributed by atoms with E-state index in [1.165, 1.54) is 12.0 Å². The van der Waals surface area contributed by atoms with Gasteiger partial charge in [0, 0.05) is 38.5 Å². The van der Waals surface area contributed by atoms with Crippen molar-refractivity contribution < 1.29 is 13.7 Å². The van der Waals surface area contributed by atoms with Gasteiger partial charge in [-0.15, -0.1) is 4.91 Å². The minimum atomic E-state index is 0.409. The molecular formula is C25H23NO4S. The summed E-state index contributed by atoms with van der Waals surface area (Å²) in [6, 6.07) is 21.4. The zero-order chi connectivity index (χ0) is 21.6. The van der Waals surface area contributed by atoms with Gasteiger partial charge in [0.05, 0.1) is 19.8 Å². The smallest absolute Gasteiger partial charge is 0.135 e. The highest BCUT2D eigenvalue weighted by molar-refractivity contribution is 7.94. The molecule has 0 N–H and O–H groups in total. The van der Waals surface area contributed by atoms with Gasteiger partial charge in [-0.3, -0.25) is 0 Å². The van der Waals surface area contributed by atoms with Gasteiger partial charge in [-0.1, -0.05) is 36.4 Å². The van der Waals surface area contributed by atoms with Crippen LogP contribution in [0.1, 0.15) is 19.4 Å². The lowest BCUT2D eigenvalue weighted by atomic mass is 10.0. The fraction of sp³-hybridized carbons (Fsp3) is 0.200. The maximum Gasteiger partial charge on any atom is 0.135 e. The van der Waals surface area contributed by atoms with Crippen LogP contribution < -0.4 is 9.47 Å². The molecule has 0 unspecified atom stereocenters. The van der Waals surface area contributed by atoms with Crippen LogP contribution in [0.25, 0.3) is 21.5 Å². The number of ether oxygens (including phenoxy) is 2. The number of hydrogen-bond donors (Lipinski definition) is 0. The molecule has 4 aromatic rings. The Bertz CT molecular complexity index is 1210. The zero-order valence-electron chi connectivity index (χ0n) is 17.5. The first-order chi connectivity index (χ1) is 15.2. The maximum absolute atomic E-state index is 10.5. The molecule has 0 aliphatic carbocycles. The summed E-state index contributed by atoms with van der Waals surface area (Å²) in [5.74, 6) is 1.73. The van der Waals surface area contributed by atoms with Gasteiger partial charge in [-0.25, -0.2) is 0 Å². The monoisotopic (exact) mass is 433 g/mol. The van der Waals surface area contributed by atoms with Crippen molar-refractivity contribution in [2.75, 3.05) is 13.2 Å². The molecule has 0 fully saturated rings. The van der Waals surface area contributed by atoms with Crippen LogP contribution >= 0.6 is 12.0 Å². The van der Waals surface area contributed by atoms with Crippen LogP contribution in [0.3, 0.4) is 0 Å². The van der Waals surface area contributed by atoms with Crippen LogP contribution in [0.4, 0.5) is 5.69 Å². The van der Waals surface area contributed by atoms with Crippen LogP contribution in [-0.4, -0.2) is 13.2 Å². The summed E-state index contributed by atoms with van der Waals surface area (Å²) >= 11 is 1.31. The van der Waals surface area contributed by atoms with Gasteiger partial charge in [0.25, 0.3) is 0 Å². The van der Waals surface area contributed by atoms with E-state index in [0.29, 0.717) is 25.5 Å². The Labute approximate surface area is 185 Å². The van der Waals surface area contributed by atoms with Crippen molar-refractivity contribution in [3.8, 4) is 11.5 Å². The van der Waals surface area contributed by atoms with E-state index in [-0.39, 0.29) is 0 Å². The lowest BCUT2D eigenvalue weighted by molar-refractivity contribution is 0.342. The van der Waals surface area contributed by atoms with E-state index in [1.54, 1.807) is 12.1 Å². The van der Waals surface area contributed by atoms with Gasteiger partial charge in [-0.2, -0.15) is 0 Å². The summed E-state index contributed by atoms with van der Waals surface area (Å²) in [6.07, 6.45) is 0. The molecule has 4 rings (SSSR count). The predicted octanol–water partition coefficient (Wildman–Crippen LogP) is 7.41. The lowest BCUT2D eigenvalue weighted by Crippen LogP contribution is -1.98. The highest BCUT2D eigenvalue weighted by Crippen LogP contribution is 2.44. The number of hydrogen-bond acceptors (Lipinski definition) is 6. The molecule has 0 aliphatic rings. The highest BCUT2D eigenvalue weighted by atomic mass is 32.2. The number of benzene rings is 4. The van der Waals surface area contributed by atoms with Gasteiger partial charge in [-0.05, 0) is 54.9 Å². The van der Waals surface area contributed by atoms with Crippen molar-refractivity contribution in [3.63, 3.8) is 0 Å². The largest absolute Gasteiger partial charge is 0.493 e. The normalized spacial score (nSPS) is 11.0. The molecule has 158 valence electrons. The Balaban J connectivity index is 1.67. The van der Waals surface area contributed by atoms with Crippen molar-refractivity contribution in [2.24, 2.45) is 5.18 Å². The summed E-state index contributed by atoms with van der Waals surface area (Å²) in [5.41, 5.74) is 1.38. The molecule has 31 heavy (non-hydrogen) atoms. The summed E-state index contributed by atoms with van der Waals surface area (Å²) < 4.78 is 17.9. The van der Waals surface area contributed by atoms with E-state index in [0.717, 1.165) is 43.5 Å². The summed E-state index contributed by atoms with van der Waals surface area (Å²) in [7, 11) is 0. The van der Waals surface area contributed by atoms with Gasteiger partial charge >= 0.3 is 0 Å². The second-order valence-corrected chi connectivity index (χ2v) is 7.75. The summed E-state index contributed by atoms with van der Waals surface area (Å²) in [4.78, 5) is 11.5. The van der Waals surface area contributed by atoms with Crippen molar-refractivity contribution in [2.45, 2.75) is 25.3 Å². The first-order valence-corrected chi connectivity index (χ1v) is 10.9. The molecule has 0 radical (unpaired) electrons. The third-order valence-electron chi connectivity index (χ3n) is 4.90. The van der Waals surface area contributed by atoms with Crippen LogP contribution in [-0.2, 0) is 10.8 Å². The van der Waals surface area contributed by atoms with Crippen molar-refractivity contribution in [1.29, 1.82) is 0 Å². The van der Waals surface area contributed by atoms with Crippen molar-refractivity contribution >= 4 is 39.3 Å². The minimum absolute atomic E-state index is 0.409. The number of fused-ring (bicyclic) bond motifs is 2. The molecule has 0 spiro atoms. The fourth-order valence-electron chi connectivity index (χ4n) is 3.55. The first kappa shape index (κ1) is 21.2. The van der Waals surface area contributed by atoms with Gasteiger partial charge in [0.15, 0.2) is 0 Å². The molecule has 6 heteroatoms. The molecular weight excluding hydrogens is 410 g/mol. The molecule has 0 atom stereocenters. The summed E-state index contributed by atoms with van der Waals surface area (Å²) in [6.45, 7) is 5.57. The second-order valence-electron chi connectivity index (χ2n) is 6.88. The van der Waals surface area contributed by atoms with Gasteiger partial charge in [0.2, 0.25) is 0 Å². The van der Waals surface area contributed by atoms with Crippen molar-refractivity contribution in [3.05, 3.63) is 77.2 Å². The van der Waals surface area contributed by atoms with Gasteiger partial charge in [0.1, 0.15) is 17.2 Å². The fourth-order valence-corrected chi connectivity index (χ4v) is 4.17. The van der Waals surface area contributed by atoms with E-state index < -0.39 is 0 Å². The minimum Gasteiger partial charge on any atom is -0.493 e. The number of nitrogens with zero attached hydrogens (tertiary/aromatic N) is 1. The standard InChI is InChI=1S/C25H23NO4S/c1-3-28-24-20-7-5-6-8-21(20)25(29-4-2)23-15-19(13-14-22(23)24)31-30-16-17-9-11-18(26-27)12-10-17/h5-15H,3-4,16H2,1-2H3. The predicted molar refractivity (Wildman–Crippen MR) is 126 cm³/mol. The van der Waals surface area contributed by atoms with Crippen LogP contribution in [0.15, 0.2) is 76.8 Å². The maximum atomic E-state index is 10.5. The Hall–Kier alpha value is -3.09. The Morgan fingerprint density at radius 3 is 2.00 bits per heavy atom. The zero-order valence-corrected chi connectivity index (χ0v) is 18.3. The molecule has 0 bridgehead atoms. The molecule has 0 amide bonds. The SMILES string of the molecule is CCOc1c2ccccc2c(OCC)c2cc(SOCc3ccc(N=O)cc3)ccc12. The molecule has 0 saturated heterocycles.